The van der Waals surface area contributed by atoms with E-state index in [9.17, 15) is 4.79 Å². The quantitative estimate of drug-likeness (QED) is 0.216. The van der Waals surface area contributed by atoms with E-state index in [1.54, 1.807) is 18.2 Å². The van der Waals surface area contributed by atoms with Crippen LogP contribution in [0.15, 0.2) is 69.0 Å². The average Bonchev–Trinajstić information content (AvgIpc) is 3.20. The van der Waals surface area contributed by atoms with Crippen LogP contribution in [0.25, 0.3) is 24.0 Å². The number of hydrogen-bond donors (Lipinski definition) is 1. The molecule has 0 bridgehead atoms. The molecule has 2 aromatic heterocycles. The molecule has 2 rings (SSSR count). The van der Waals surface area contributed by atoms with Gasteiger partial charge in [-0.15, -0.1) is 13.2 Å². The van der Waals surface area contributed by atoms with Crippen LogP contribution < -0.4 is 5.32 Å². The van der Waals surface area contributed by atoms with E-state index in [1.807, 2.05) is 83.4 Å². The predicted molar refractivity (Wildman–Crippen MR) is 161 cm³/mol. The van der Waals surface area contributed by atoms with E-state index in [-0.39, 0.29) is 0 Å². The highest BCUT2D eigenvalue weighted by atomic mass is 16.5. The molecule has 0 spiro atoms. The van der Waals surface area contributed by atoms with Crippen LogP contribution in [0.4, 0.5) is 5.82 Å². The number of allylic oxidation sites excluding steroid dienone is 3. The molecule has 0 aromatic carbocycles. The Morgan fingerprint density at radius 2 is 1.72 bits per heavy atom. The third kappa shape index (κ3) is 9.06. The van der Waals surface area contributed by atoms with Crippen LogP contribution in [-0.2, 0) is 4.74 Å². The number of pyridine rings is 1. The van der Waals surface area contributed by atoms with Crippen molar-refractivity contribution >= 4 is 30.0 Å². The zero-order valence-corrected chi connectivity index (χ0v) is 23.6. The van der Waals surface area contributed by atoms with Crippen molar-refractivity contribution in [3.05, 3.63) is 97.0 Å². The minimum Gasteiger partial charge on any atom is -0.465 e. The number of carbonyl (C=O) groups is 1. The van der Waals surface area contributed by atoms with Gasteiger partial charge in [-0.25, -0.2) is 9.78 Å². The Balaban J connectivity index is 0. The van der Waals surface area contributed by atoms with E-state index >= 15 is 0 Å². The number of methoxy groups -OCH3 is 1. The van der Waals surface area contributed by atoms with E-state index in [2.05, 4.69) is 38.2 Å². The van der Waals surface area contributed by atoms with E-state index < -0.39 is 5.97 Å². The summed E-state index contributed by atoms with van der Waals surface area (Å²) in [6.07, 6.45) is 12.3. The van der Waals surface area contributed by atoms with Crippen LogP contribution in [-0.4, -0.2) is 22.6 Å². The summed E-state index contributed by atoms with van der Waals surface area (Å²) >= 11 is 0. The summed E-state index contributed by atoms with van der Waals surface area (Å²) in [5, 5.41) is 3.15. The summed E-state index contributed by atoms with van der Waals surface area (Å²) in [5.74, 6) is 0.607. The third-order valence-electron chi connectivity index (χ3n) is 4.57. The Labute approximate surface area is 219 Å². The van der Waals surface area contributed by atoms with Gasteiger partial charge in [0.05, 0.1) is 24.1 Å². The van der Waals surface area contributed by atoms with Crippen LogP contribution in [0.5, 0.6) is 0 Å². The van der Waals surface area contributed by atoms with Crippen molar-refractivity contribution in [3.63, 3.8) is 0 Å². The number of aromatic nitrogens is 2. The fourth-order valence-corrected chi connectivity index (χ4v) is 3.22. The van der Waals surface area contributed by atoms with Crippen LogP contribution in [0.2, 0.25) is 0 Å². The van der Waals surface area contributed by atoms with E-state index in [1.165, 1.54) is 7.11 Å². The molecule has 0 saturated heterocycles. The first-order chi connectivity index (χ1) is 17.4. The van der Waals surface area contributed by atoms with Gasteiger partial charge in [-0.3, -0.25) is 4.57 Å². The fraction of sp³-hybridized carbons (Fsp3) is 0.290. The highest BCUT2D eigenvalue weighted by molar-refractivity contribution is 5.91. The Morgan fingerprint density at radius 3 is 2.19 bits per heavy atom. The summed E-state index contributed by atoms with van der Waals surface area (Å²) < 4.78 is 6.91. The Hall–Kier alpha value is -3.86. The zero-order valence-electron chi connectivity index (χ0n) is 23.6. The lowest BCUT2D eigenvalue weighted by Gasteiger charge is -2.14. The van der Waals surface area contributed by atoms with E-state index in [0.29, 0.717) is 22.9 Å². The van der Waals surface area contributed by atoms with Crippen molar-refractivity contribution in [2.24, 2.45) is 0 Å². The maximum Gasteiger partial charge on any atom is 0.338 e. The van der Waals surface area contributed by atoms with Gasteiger partial charge in [0.2, 0.25) is 0 Å². The van der Waals surface area contributed by atoms with Gasteiger partial charge in [-0.05, 0) is 56.2 Å². The van der Waals surface area contributed by atoms with E-state index in [4.69, 9.17) is 9.72 Å². The first-order valence-corrected chi connectivity index (χ1v) is 12.3. The maximum atomic E-state index is 12.3. The predicted octanol–water partition coefficient (Wildman–Crippen LogP) is 9.03. The van der Waals surface area contributed by atoms with Crippen LogP contribution >= 0.6 is 0 Å². The first kappa shape index (κ1) is 34.3. The van der Waals surface area contributed by atoms with Crippen LogP contribution in [0, 0.1) is 6.92 Å². The summed E-state index contributed by atoms with van der Waals surface area (Å²) in [5.41, 5.74) is 4.85. The number of nitrogens with one attached hydrogen (secondary N) is 1. The minimum atomic E-state index is -0.447. The van der Waals surface area contributed by atoms with Gasteiger partial charge in [-0.1, -0.05) is 72.6 Å². The van der Waals surface area contributed by atoms with E-state index in [0.717, 1.165) is 28.9 Å². The number of hydrogen-bond acceptors (Lipinski definition) is 4. The number of rotatable bonds is 9. The second kappa shape index (κ2) is 19.4. The van der Waals surface area contributed by atoms with Crippen molar-refractivity contribution in [2.45, 2.75) is 54.9 Å². The smallest absolute Gasteiger partial charge is 0.338 e. The molecule has 0 aliphatic rings. The topological polar surface area (TPSA) is 56.1 Å². The molecule has 5 heteroatoms. The maximum absolute atomic E-state index is 12.3. The highest BCUT2D eigenvalue weighted by Crippen LogP contribution is 2.30. The number of ether oxygens (including phenoxy) is 1. The molecule has 0 atom stereocenters. The molecule has 0 radical (unpaired) electrons. The minimum absolute atomic E-state index is 0.380. The molecule has 0 unspecified atom stereocenters. The standard InChI is InChI=1S/C25H29N3O2.2C2H6.C2H4/c1-8-12-14-17(5)26-23-15-19(25(29)30-7)16-24(27-23)28-21(11-4)18(6)20(10-3)22(28)13-9-2;3*1-2/h9-16H,3-5,8H2,1-2,6-7H3,(H,26,27);2*1-2H3;1-2H2/b13-9-,14-12-;;;. The zero-order chi connectivity index (χ0) is 28.3. The number of esters is 1. The number of carbonyl (C=O) groups excluding carboxylic acids is 1. The molecular formula is C31H45N3O2. The Morgan fingerprint density at radius 1 is 1.11 bits per heavy atom. The SMILES string of the molecule is C=C.C=Cc1c(C)c(C=C)n(-c2cc(C(=O)OC)cc(NC(=C)/C=C\CC)n2)c1/C=C\C.CC.CC. The van der Waals surface area contributed by atoms with Crippen LogP contribution in [0.1, 0.15) is 80.8 Å². The lowest BCUT2D eigenvalue weighted by Crippen LogP contribution is -2.10. The largest absolute Gasteiger partial charge is 0.465 e. The molecule has 196 valence electrons. The molecule has 0 saturated carbocycles. The summed E-state index contributed by atoms with van der Waals surface area (Å²) in [4.78, 5) is 17.1. The van der Waals surface area contributed by atoms with Gasteiger partial charge in [-0.2, -0.15) is 0 Å². The number of nitrogens with zero attached hydrogens (tertiary/aromatic N) is 2. The molecule has 36 heavy (non-hydrogen) atoms. The molecule has 2 heterocycles. The van der Waals surface area contributed by atoms with Gasteiger partial charge in [0.1, 0.15) is 11.6 Å². The molecular weight excluding hydrogens is 446 g/mol. The van der Waals surface area contributed by atoms with Crippen molar-refractivity contribution in [1.29, 1.82) is 0 Å². The molecule has 1 N–H and O–H groups in total. The summed E-state index contributed by atoms with van der Waals surface area (Å²) in [7, 11) is 1.36. The lowest BCUT2D eigenvalue weighted by molar-refractivity contribution is 0.0600. The number of anilines is 1. The van der Waals surface area contributed by atoms with Gasteiger partial charge < -0.3 is 10.1 Å². The fourth-order valence-electron chi connectivity index (χ4n) is 3.22. The Kier molecular flexibility index (Phi) is 18.5. The summed E-state index contributed by atoms with van der Waals surface area (Å²) in [6, 6.07) is 3.35. The van der Waals surface area contributed by atoms with Crippen LogP contribution in [0.3, 0.4) is 0 Å². The summed E-state index contributed by atoms with van der Waals surface area (Å²) in [6.45, 7) is 31.9. The van der Waals surface area contributed by atoms with Crippen molar-refractivity contribution < 1.29 is 9.53 Å². The van der Waals surface area contributed by atoms with Gasteiger partial charge in [0, 0.05) is 11.3 Å². The molecule has 0 aliphatic carbocycles. The van der Waals surface area contributed by atoms with Gasteiger partial charge in [0.15, 0.2) is 0 Å². The second-order valence-corrected chi connectivity index (χ2v) is 6.60. The molecule has 0 fully saturated rings. The monoisotopic (exact) mass is 491 g/mol. The first-order valence-electron chi connectivity index (χ1n) is 12.3. The van der Waals surface area contributed by atoms with Gasteiger partial charge in [0.25, 0.3) is 0 Å². The Bertz CT molecular complexity index is 1060. The molecule has 5 nitrogen and oxygen atoms in total. The molecule has 0 amide bonds. The lowest BCUT2D eigenvalue weighted by atomic mass is 10.1. The molecule has 2 aromatic rings. The highest BCUT2D eigenvalue weighted by Gasteiger charge is 2.19. The average molecular weight is 492 g/mol. The van der Waals surface area contributed by atoms with Crippen molar-refractivity contribution in [2.75, 3.05) is 12.4 Å². The molecule has 0 aliphatic heterocycles. The second-order valence-electron chi connectivity index (χ2n) is 6.60. The van der Waals surface area contributed by atoms with Crippen molar-refractivity contribution in [1.82, 2.24) is 9.55 Å². The third-order valence-corrected chi connectivity index (χ3v) is 4.57. The van der Waals surface area contributed by atoms with Gasteiger partial charge >= 0.3 is 5.97 Å². The normalized spacial score (nSPS) is 9.67. The van der Waals surface area contributed by atoms with Crippen molar-refractivity contribution in [3.8, 4) is 5.82 Å².